The molecule has 0 unspecified atom stereocenters. The Morgan fingerprint density at radius 2 is 1.87 bits per heavy atom. The predicted molar refractivity (Wildman–Crippen MR) is 108 cm³/mol. The normalized spacial score (nSPS) is 10.9. The molecule has 0 saturated heterocycles. The zero-order chi connectivity index (χ0) is 21.1. The Bertz CT molecular complexity index is 1230. The van der Waals surface area contributed by atoms with Gasteiger partial charge in [0.1, 0.15) is 17.1 Å². The fraction of sp³-hybridized carbons (Fsp3) is 0.130. The third-order valence-electron chi connectivity index (χ3n) is 4.67. The lowest BCUT2D eigenvalue weighted by Gasteiger charge is -2.21. The van der Waals surface area contributed by atoms with Gasteiger partial charge >= 0.3 is 5.63 Å². The highest BCUT2D eigenvalue weighted by atomic mass is 19.1. The maximum atomic E-state index is 13.3. The van der Waals surface area contributed by atoms with E-state index in [1.807, 2.05) is 0 Å². The number of para-hydroxylation sites is 1. The minimum Gasteiger partial charge on any atom is -0.493 e. The third kappa shape index (κ3) is 3.96. The first-order valence-corrected chi connectivity index (χ1v) is 9.22. The van der Waals surface area contributed by atoms with E-state index in [4.69, 9.17) is 13.6 Å². The minimum absolute atomic E-state index is 0.107. The SMILES string of the molecule is COc1cccc2cc(C(=O)N(Cc3ccc(F)cc3)Cc3ccco3)c(=O)oc12. The number of benzene rings is 2. The number of carbonyl (C=O) groups is 1. The Labute approximate surface area is 171 Å². The highest BCUT2D eigenvalue weighted by Crippen LogP contribution is 2.25. The Morgan fingerprint density at radius 3 is 2.57 bits per heavy atom. The van der Waals surface area contributed by atoms with E-state index in [0.717, 1.165) is 0 Å². The summed E-state index contributed by atoms with van der Waals surface area (Å²) in [6.07, 6.45) is 1.51. The first-order valence-electron chi connectivity index (χ1n) is 9.22. The predicted octanol–water partition coefficient (Wildman–Crippen LogP) is 4.38. The molecule has 4 aromatic rings. The summed E-state index contributed by atoms with van der Waals surface area (Å²) in [4.78, 5) is 27.3. The molecule has 0 aliphatic heterocycles. The van der Waals surface area contributed by atoms with Crippen LogP contribution in [0.2, 0.25) is 0 Å². The van der Waals surface area contributed by atoms with Gasteiger partial charge in [-0.25, -0.2) is 9.18 Å². The summed E-state index contributed by atoms with van der Waals surface area (Å²) in [6.45, 7) is 0.300. The molecule has 152 valence electrons. The van der Waals surface area contributed by atoms with Crippen LogP contribution < -0.4 is 10.4 Å². The average molecular weight is 407 g/mol. The quantitative estimate of drug-likeness (QED) is 0.444. The van der Waals surface area contributed by atoms with E-state index in [0.29, 0.717) is 22.5 Å². The largest absolute Gasteiger partial charge is 0.493 e. The monoisotopic (exact) mass is 407 g/mol. The Balaban J connectivity index is 1.72. The van der Waals surface area contributed by atoms with Crippen molar-refractivity contribution in [2.75, 3.05) is 7.11 Å². The van der Waals surface area contributed by atoms with Crippen LogP contribution in [0.1, 0.15) is 21.7 Å². The van der Waals surface area contributed by atoms with Gasteiger partial charge in [-0.1, -0.05) is 24.3 Å². The molecule has 2 aromatic heterocycles. The number of amides is 1. The summed E-state index contributed by atoms with van der Waals surface area (Å²) < 4.78 is 29.2. The van der Waals surface area contributed by atoms with E-state index in [1.165, 1.54) is 36.5 Å². The van der Waals surface area contributed by atoms with E-state index < -0.39 is 11.5 Å². The number of nitrogens with zero attached hydrogens (tertiary/aromatic N) is 1. The van der Waals surface area contributed by atoms with Crippen LogP contribution in [0.5, 0.6) is 5.75 Å². The average Bonchev–Trinajstić information content (AvgIpc) is 3.26. The van der Waals surface area contributed by atoms with Gasteiger partial charge < -0.3 is 18.5 Å². The van der Waals surface area contributed by atoms with Crippen LogP contribution >= 0.6 is 0 Å². The van der Waals surface area contributed by atoms with Crippen molar-refractivity contribution in [2.45, 2.75) is 13.1 Å². The van der Waals surface area contributed by atoms with Gasteiger partial charge in [0.15, 0.2) is 11.3 Å². The topological polar surface area (TPSA) is 72.9 Å². The second kappa shape index (κ2) is 8.24. The van der Waals surface area contributed by atoms with Gasteiger partial charge in [0.05, 0.1) is 19.9 Å². The maximum Gasteiger partial charge on any atom is 0.349 e. The maximum absolute atomic E-state index is 13.3. The van der Waals surface area contributed by atoms with Gasteiger partial charge in [0.25, 0.3) is 5.91 Å². The van der Waals surface area contributed by atoms with Crippen LogP contribution in [0, 0.1) is 5.82 Å². The first kappa shape index (κ1) is 19.4. The smallest absolute Gasteiger partial charge is 0.349 e. The van der Waals surface area contributed by atoms with Crippen molar-refractivity contribution in [3.63, 3.8) is 0 Å². The van der Waals surface area contributed by atoms with Crippen molar-refractivity contribution in [3.8, 4) is 5.75 Å². The van der Waals surface area contributed by atoms with Crippen molar-refractivity contribution >= 4 is 16.9 Å². The molecular formula is C23H18FNO5. The molecular weight excluding hydrogens is 389 g/mol. The standard InChI is InChI=1S/C23H18FNO5/c1-28-20-6-2-4-16-12-19(23(27)30-21(16)20)22(26)25(14-18-5-3-11-29-18)13-15-7-9-17(24)10-8-15/h2-12H,13-14H2,1H3. The fourth-order valence-corrected chi connectivity index (χ4v) is 3.20. The number of halogens is 1. The third-order valence-corrected chi connectivity index (χ3v) is 4.67. The van der Waals surface area contributed by atoms with Crippen molar-refractivity contribution in [2.24, 2.45) is 0 Å². The summed E-state index contributed by atoms with van der Waals surface area (Å²) in [5, 5.41) is 0.567. The van der Waals surface area contributed by atoms with Crippen molar-refractivity contribution in [3.05, 3.63) is 100 Å². The Morgan fingerprint density at radius 1 is 1.07 bits per heavy atom. The molecule has 0 spiro atoms. The number of fused-ring (bicyclic) bond motifs is 1. The van der Waals surface area contributed by atoms with E-state index in [1.54, 1.807) is 42.5 Å². The van der Waals surface area contributed by atoms with Crippen LogP contribution in [0.25, 0.3) is 11.0 Å². The van der Waals surface area contributed by atoms with Gasteiger partial charge in [-0.15, -0.1) is 0 Å². The number of hydrogen-bond acceptors (Lipinski definition) is 5. The van der Waals surface area contributed by atoms with Crippen molar-refractivity contribution in [1.82, 2.24) is 4.90 Å². The molecule has 7 heteroatoms. The summed E-state index contributed by atoms with van der Waals surface area (Å²) in [5.41, 5.74) is 0.116. The number of hydrogen-bond donors (Lipinski definition) is 0. The van der Waals surface area contributed by atoms with E-state index in [2.05, 4.69) is 0 Å². The van der Waals surface area contributed by atoms with Crippen LogP contribution in [-0.4, -0.2) is 17.9 Å². The van der Waals surface area contributed by atoms with Gasteiger partial charge in [0.2, 0.25) is 0 Å². The summed E-state index contributed by atoms with van der Waals surface area (Å²) >= 11 is 0. The van der Waals surface area contributed by atoms with Crippen molar-refractivity contribution < 1.29 is 22.8 Å². The van der Waals surface area contributed by atoms with Crippen LogP contribution in [0.15, 0.2) is 80.6 Å². The van der Waals surface area contributed by atoms with Crippen molar-refractivity contribution in [1.29, 1.82) is 0 Å². The van der Waals surface area contributed by atoms with Gasteiger partial charge in [-0.2, -0.15) is 0 Å². The lowest BCUT2D eigenvalue weighted by atomic mass is 10.1. The fourth-order valence-electron chi connectivity index (χ4n) is 3.20. The molecule has 0 aliphatic carbocycles. The lowest BCUT2D eigenvalue weighted by molar-refractivity contribution is 0.0713. The van der Waals surface area contributed by atoms with E-state index >= 15 is 0 Å². The summed E-state index contributed by atoms with van der Waals surface area (Å²) in [6, 6.07) is 15.9. The zero-order valence-electron chi connectivity index (χ0n) is 16.1. The van der Waals surface area contributed by atoms with Gasteiger partial charge in [-0.3, -0.25) is 4.79 Å². The van der Waals surface area contributed by atoms with Gasteiger partial charge in [0, 0.05) is 11.9 Å². The van der Waals surface area contributed by atoms with Crippen LogP contribution in [0.4, 0.5) is 4.39 Å². The molecule has 0 radical (unpaired) electrons. The molecule has 0 bridgehead atoms. The molecule has 2 aromatic carbocycles. The van der Waals surface area contributed by atoms with E-state index in [9.17, 15) is 14.0 Å². The summed E-state index contributed by atoms with van der Waals surface area (Å²) in [7, 11) is 1.47. The molecule has 0 aliphatic rings. The number of methoxy groups -OCH3 is 1. The zero-order valence-corrected chi connectivity index (χ0v) is 16.1. The first-order chi connectivity index (χ1) is 14.5. The molecule has 2 heterocycles. The van der Waals surface area contributed by atoms with E-state index in [-0.39, 0.29) is 30.1 Å². The molecule has 6 nitrogen and oxygen atoms in total. The molecule has 0 fully saturated rings. The minimum atomic E-state index is -0.763. The highest BCUT2D eigenvalue weighted by molar-refractivity contribution is 5.97. The second-order valence-electron chi connectivity index (χ2n) is 6.69. The van der Waals surface area contributed by atoms with Crippen LogP contribution in [-0.2, 0) is 13.1 Å². The molecule has 0 saturated carbocycles. The molecule has 0 N–H and O–H groups in total. The molecule has 4 rings (SSSR count). The summed E-state index contributed by atoms with van der Waals surface area (Å²) in [5.74, 6) is 0.0700. The highest BCUT2D eigenvalue weighted by Gasteiger charge is 2.23. The number of furan rings is 1. The Kier molecular flexibility index (Phi) is 5.34. The van der Waals surface area contributed by atoms with Gasteiger partial charge in [-0.05, 0) is 42.0 Å². The van der Waals surface area contributed by atoms with Crippen LogP contribution in [0.3, 0.4) is 0 Å². The number of rotatable bonds is 6. The number of ether oxygens (including phenoxy) is 1. The number of carbonyl (C=O) groups excluding carboxylic acids is 1. The second-order valence-corrected chi connectivity index (χ2v) is 6.69. The molecule has 0 atom stereocenters. The Hall–Kier alpha value is -3.87. The molecule has 1 amide bonds. The molecule has 30 heavy (non-hydrogen) atoms. The lowest BCUT2D eigenvalue weighted by Crippen LogP contribution is -2.33.